The molecule has 0 aliphatic heterocycles. The Kier molecular flexibility index (Phi) is 16.2. The molecule has 0 saturated carbocycles. The summed E-state index contributed by atoms with van der Waals surface area (Å²) < 4.78 is 31.5. The maximum Gasteiger partial charge on any atom is 0.343 e. The van der Waals surface area contributed by atoms with Gasteiger partial charge >= 0.3 is 23.9 Å². The van der Waals surface area contributed by atoms with Crippen molar-refractivity contribution in [2.45, 2.75) is 29.7 Å². The number of fused-ring (bicyclic) bond motifs is 2. The Hall–Kier alpha value is -6.42. The van der Waals surface area contributed by atoms with Gasteiger partial charge in [-0.2, -0.15) is 0 Å². The van der Waals surface area contributed by atoms with E-state index in [9.17, 15) is 19.2 Å². The molecular weight excluding hydrogens is 640 g/mol. The predicted molar refractivity (Wildman–Crippen MR) is 195 cm³/mol. The van der Waals surface area contributed by atoms with E-state index in [-0.39, 0.29) is 54.8 Å². The molecule has 0 bridgehead atoms. The minimum Gasteiger partial charge on any atom is -0.457 e. The van der Waals surface area contributed by atoms with Gasteiger partial charge in [-0.1, -0.05) is 67.1 Å². The fourth-order valence-corrected chi connectivity index (χ4v) is 4.22. The summed E-state index contributed by atoms with van der Waals surface area (Å²) in [6.45, 7) is 6.14. The van der Waals surface area contributed by atoms with Gasteiger partial charge in [0.05, 0.1) is 11.1 Å². The van der Waals surface area contributed by atoms with Crippen LogP contribution in [-0.2, 0) is 19.1 Å². The predicted octanol–water partition coefficient (Wildman–Crippen LogP) is 9.11. The molecule has 262 valence electrons. The Labute approximate surface area is 292 Å². The second kappa shape index (κ2) is 19.4. The van der Waals surface area contributed by atoms with Crippen LogP contribution in [0.15, 0.2) is 122 Å². The maximum atomic E-state index is 12.8. The highest BCUT2D eigenvalue weighted by atomic mass is 16.7. The fourth-order valence-electron chi connectivity index (χ4n) is 4.22. The van der Waals surface area contributed by atoms with E-state index in [4.69, 9.17) is 28.4 Å². The van der Waals surface area contributed by atoms with E-state index in [1.807, 2.05) is 0 Å². The second-order valence-corrected chi connectivity index (χ2v) is 9.56. The largest absolute Gasteiger partial charge is 0.457 e. The van der Waals surface area contributed by atoms with E-state index in [1.165, 1.54) is 24.3 Å². The zero-order chi connectivity index (χ0) is 32.5. The first-order chi connectivity index (χ1) is 22.3. The SMILES string of the molecule is C.C.C.C.C=CC(=O)OCOc1ccc2cc(C(=O)Oc3ccc(OC(=O)c4ccc5cc(OCOC(=O)C=C)ccc5c4)cc3)ccc2c1. The highest BCUT2D eigenvalue weighted by Gasteiger charge is 2.13. The van der Waals surface area contributed by atoms with Crippen LogP contribution in [0.25, 0.3) is 21.5 Å². The molecule has 5 aromatic rings. The molecule has 0 aliphatic rings. The van der Waals surface area contributed by atoms with Crippen molar-refractivity contribution in [2.24, 2.45) is 0 Å². The maximum absolute atomic E-state index is 12.8. The molecule has 0 amide bonds. The average Bonchev–Trinajstić information content (AvgIpc) is 3.08. The topological polar surface area (TPSA) is 124 Å². The Bertz CT molecular complexity index is 1820. The normalized spacial score (nSPS) is 9.60. The molecule has 50 heavy (non-hydrogen) atoms. The third kappa shape index (κ3) is 10.8. The number of hydrogen-bond acceptors (Lipinski definition) is 10. The first kappa shape index (κ1) is 41.6. The molecule has 0 fully saturated rings. The summed E-state index contributed by atoms with van der Waals surface area (Å²) in [5, 5.41) is 3.18. The number of carbonyl (C=O) groups is 4. The summed E-state index contributed by atoms with van der Waals surface area (Å²) in [5.41, 5.74) is 0.672. The lowest BCUT2D eigenvalue weighted by molar-refractivity contribution is -0.145. The van der Waals surface area contributed by atoms with Gasteiger partial charge in [0.1, 0.15) is 23.0 Å². The van der Waals surface area contributed by atoms with Crippen LogP contribution in [0.1, 0.15) is 50.4 Å². The third-order valence-corrected chi connectivity index (χ3v) is 6.53. The molecular formula is C40H42O10. The first-order valence-corrected chi connectivity index (χ1v) is 13.8. The lowest BCUT2D eigenvalue weighted by atomic mass is 10.1. The van der Waals surface area contributed by atoms with Gasteiger partial charge in [-0.3, -0.25) is 0 Å². The summed E-state index contributed by atoms with van der Waals surface area (Å²) in [4.78, 5) is 47.9. The Morgan fingerprint density at radius 2 is 0.780 bits per heavy atom. The van der Waals surface area contributed by atoms with Gasteiger partial charge in [-0.25, -0.2) is 19.2 Å². The number of hydrogen-bond donors (Lipinski definition) is 0. The van der Waals surface area contributed by atoms with Crippen LogP contribution in [0.5, 0.6) is 23.0 Å². The van der Waals surface area contributed by atoms with Crippen molar-refractivity contribution in [2.75, 3.05) is 13.6 Å². The highest BCUT2D eigenvalue weighted by Crippen LogP contribution is 2.26. The van der Waals surface area contributed by atoms with E-state index in [0.29, 0.717) is 22.6 Å². The Morgan fingerprint density at radius 3 is 1.14 bits per heavy atom. The van der Waals surface area contributed by atoms with Gasteiger partial charge < -0.3 is 28.4 Å². The van der Waals surface area contributed by atoms with Crippen molar-refractivity contribution in [3.63, 3.8) is 0 Å². The van der Waals surface area contributed by atoms with Crippen LogP contribution in [0.4, 0.5) is 0 Å². The van der Waals surface area contributed by atoms with Crippen LogP contribution in [-0.4, -0.2) is 37.5 Å². The summed E-state index contributed by atoms with van der Waals surface area (Å²) >= 11 is 0. The smallest absolute Gasteiger partial charge is 0.343 e. The minimum absolute atomic E-state index is 0. The van der Waals surface area contributed by atoms with E-state index >= 15 is 0 Å². The van der Waals surface area contributed by atoms with Crippen LogP contribution < -0.4 is 18.9 Å². The molecule has 0 aromatic heterocycles. The Morgan fingerprint density at radius 1 is 0.460 bits per heavy atom. The second-order valence-electron chi connectivity index (χ2n) is 9.56. The van der Waals surface area contributed by atoms with Crippen molar-refractivity contribution in [1.29, 1.82) is 0 Å². The van der Waals surface area contributed by atoms with Gasteiger partial charge in [-0.15, -0.1) is 0 Å². The molecule has 5 aromatic carbocycles. The summed E-state index contributed by atoms with van der Waals surface area (Å²) in [7, 11) is 0. The molecule has 0 N–H and O–H groups in total. The average molecular weight is 683 g/mol. The molecule has 0 saturated heterocycles. The molecule has 5 rings (SSSR count). The molecule has 0 unspecified atom stereocenters. The summed E-state index contributed by atoms with van der Waals surface area (Å²) in [5.74, 6) is -0.777. The van der Waals surface area contributed by atoms with Crippen molar-refractivity contribution < 1.29 is 47.6 Å². The monoisotopic (exact) mass is 682 g/mol. The number of ether oxygens (including phenoxy) is 6. The third-order valence-electron chi connectivity index (χ3n) is 6.53. The zero-order valence-electron chi connectivity index (χ0n) is 24.3. The van der Waals surface area contributed by atoms with Crippen LogP contribution >= 0.6 is 0 Å². The zero-order valence-corrected chi connectivity index (χ0v) is 24.3. The minimum atomic E-state index is -0.586. The van der Waals surface area contributed by atoms with Gasteiger partial charge in [0, 0.05) is 12.2 Å². The first-order valence-electron chi connectivity index (χ1n) is 13.8. The molecule has 10 nitrogen and oxygen atoms in total. The molecule has 0 atom stereocenters. The van der Waals surface area contributed by atoms with Crippen molar-refractivity contribution in [3.8, 4) is 23.0 Å². The number of esters is 4. The van der Waals surface area contributed by atoms with Gasteiger partial charge in [0.2, 0.25) is 13.6 Å². The van der Waals surface area contributed by atoms with E-state index in [2.05, 4.69) is 13.2 Å². The molecule has 10 heteroatoms. The molecule has 0 heterocycles. The van der Waals surface area contributed by atoms with Crippen molar-refractivity contribution >= 4 is 45.4 Å². The number of rotatable bonds is 12. The van der Waals surface area contributed by atoms with Gasteiger partial charge in [-0.05, 0) is 94.3 Å². The summed E-state index contributed by atoms with van der Waals surface area (Å²) in [6, 6.07) is 26.7. The Balaban J connectivity index is 0.00000312. The lowest BCUT2D eigenvalue weighted by Crippen LogP contribution is -2.10. The van der Waals surface area contributed by atoms with Crippen LogP contribution in [0.2, 0.25) is 0 Å². The van der Waals surface area contributed by atoms with Crippen LogP contribution in [0, 0.1) is 0 Å². The molecule has 0 aliphatic carbocycles. The lowest BCUT2D eigenvalue weighted by Gasteiger charge is -2.09. The summed E-state index contributed by atoms with van der Waals surface area (Å²) in [6.07, 6.45) is 2.09. The van der Waals surface area contributed by atoms with Gasteiger partial charge in [0.15, 0.2) is 0 Å². The number of benzene rings is 5. The fraction of sp³-hybridized carbons (Fsp3) is 0.150. The van der Waals surface area contributed by atoms with Crippen molar-refractivity contribution in [3.05, 3.63) is 133 Å². The molecule has 0 spiro atoms. The molecule has 0 radical (unpaired) electrons. The standard InChI is InChI=1S/C36H26O10.4CH4/c1-3-33(37)43-21-41-31-11-9-23-17-27(7-5-25(23)19-31)35(39)45-29-13-15-30(16-14-29)46-36(40)28-8-6-26-20-32(12-10-24(26)18-28)42-22-44-34(38)4-2;;;;/h3-20H,1-2,21-22H2;4*1H4. The highest BCUT2D eigenvalue weighted by molar-refractivity contribution is 5.98. The van der Waals surface area contributed by atoms with Crippen LogP contribution in [0.3, 0.4) is 0 Å². The van der Waals surface area contributed by atoms with E-state index < -0.39 is 23.9 Å². The van der Waals surface area contributed by atoms with E-state index in [1.54, 1.807) is 72.8 Å². The van der Waals surface area contributed by atoms with Crippen molar-refractivity contribution in [1.82, 2.24) is 0 Å². The van der Waals surface area contributed by atoms with Gasteiger partial charge in [0.25, 0.3) is 0 Å². The quantitative estimate of drug-likeness (QED) is 0.0545. The number of carbonyl (C=O) groups excluding carboxylic acids is 4. The van der Waals surface area contributed by atoms with E-state index in [0.717, 1.165) is 33.7 Å².